The van der Waals surface area contributed by atoms with Gasteiger partial charge in [0.25, 0.3) is 0 Å². The summed E-state index contributed by atoms with van der Waals surface area (Å²) in [5, 5.41) is 9.84. The number of aromatic nitrogens is 1. The molecular weight excluding hydrogens is 82.0 g/mol. The van der Waals surface area contributed by atoms with Gasteiger partial charge in [0.2, 0.25) is 0 Å². The van der Waals surface area contributed by atoms with Gasteiger partial charge in [0.05, 0.1) is 0 Å². The molecule has 1 aromatic rings. The highest BCUT2D eigenvalue weighted by atomic mass is 16.5. The summed E-state index contributed by atoms with van der Waals surface area (Å²) in [6.07, 6.45) is 2.21. The molecule has 0 aliphatic carbocycles. The highest BCUT2D eigenvalue weighted by molar-refractivity contribution is 4.89. The smallest absolute Gasteiger partial charge is 0.355 e. The number of hydrogen-bond acceptors (Lipinski definition) is 2. The predicted molar refractivity (Wildman–Crippen MR) is 16.6 cm³/mol. The summed E-state index contributed by atoms with van der Waals surface area (Å²) < 4.78 is 4.17. The molecule has 3 nitrogen and oxygen atoms in total. The number of rotatable bonds is 0. The van der Waals surface area contributed by atoms with E-state index in [4.69, 9.17) is 0 Å². The van der Waals surface area contributed by atoms with Crippen LogP contribution in [0.1, 0.15) is 0 Å². The average molecular weight is 84.1 g/mol. The molecule has 1 radical (unpaired) electrons. The Labute approximate surface area is 34.2 Å². The highest BCUT2D eigenvalue weighted by Crippen LogP contribution is 2.02. The van der Waals surface area contributed by atoms with E-state index in [9.17, 15) is 5.11 Å². The minimum Gasteiger partial charge on any atom is -0.410 e. The van der Waals surface area contributed by atoms with Crippen LogP contribution in [0.25, 0.3) is 0 Å². The Balaban J connectivity index is 3.05. The van der Waals surface area contributed by atoms with Crippen molar-refractivity contribution in [2.45, 2.75) is 0 Å². The van der Waals surface area contributed by atoms with Crippen molar-refractivity contribution in [1.82, 2.24) is 4.98 Å². The predicted octanol–water partition coefficient (Wildman–Crippen LogP) is 0.818. The second kappa shape index (κ2) is 1.01. The van der Waals surface area contributed by atoms with E-state index in [1.807, 2.05) is 0 Å². The van der Waals surface area contributed by atoms with Crippen LogP contribution < -0.4 is 0 Å². The van der Waals surface area contributed by atoms with E-state index in [1.165, 1.54) is 0 Å². The molecule has 0 spiro atoms. The van der Waals surface area contributed by atoms with Crippen molar-refractivity contribution in [3.8, 4) is 5.95 Å². The molecule has 0 fully saturated rings. The van der Waals surface area contributed by atoms with Gasteiger partial charge in [-0.3, -0.25) is 0 Å². The molecule has 0 N–H and O–H groups in total. The third kappa shape index (κ3) is 0.337. The zero-order valence-corrected chi connectivity index (χ0v) is 2.92. The van der Waals surface area contributed by atoms with Gasteiger partial charge in [-0.25, -0.2) is 10.1 Å². The summed E-state index contributed by atoms with van der Waals surface area (Å²) >= 11 is 0. The topological polar surface area (TPSA) is 45.9 Å². The molecule has 0 aromatic carbocycles. The van der Waals surface area contributed by atoms with Crippen molar-refractivity contribution in [2.24, 2.45) is 0 Å². The van der Waals surface area contributed by atoms with Gasteiger partial charge in [0, 0.05) is 0 Å². The van der Waals surface area contributed by atoms with Crippen LogP contribution >= 0.6 is 0 Å². The normalized spacial score (nSPS) is 8.67. The molecule has 1 aromatic heterocycles. The second-order valence-corrected chi connectivity index (χ2v) is 0.820. The van der Waals surface area contributed by atoms with E-state index >= 15 is 0 Å². The molecule has 0 amide bonds. The van der Waals surface area contributed by atoms with Gasteiger partial charge in [0.1, 0.15) is 6.20 Å². The lowest BCUT2D eigenvalue weighted by molar-refractivity contribution is 0.252. The van der Waals surface area contributed by atoms with Crippen molar-refractivity contribution in [1.29, 1.82) is 0 Å². The molecule has 0 atom stereocenters. The number of nitrogens with zero attached hydrogens (tertiary/aromatic N) is 1. The maximum absolute atomic E-state index is 9.84. The van der Waals surface area contributed by atoms with Crippen molar-refractivity contribution < 1.29 is 9.52 Å². The fourth-order valence-corrected chi connectivity index (χ4v) is 0.204. The van der Waals surface area contributed by atoms with E-state index < -0.39 is 5.95 Å². The van der Waals surface area contributed by atoms with Gasteiger partial charge >= 0.3 is 5.95 Å². The zero-order chi connectivity index (χ0) is 4.41. The Morgan fingerprint density at radius 2 is 2.67 bits per heavy atom. The lowest BCUT2D eigenvalue weighted by Gasteiger charge is -1.60. The van der Waals surface area contributed by atoms with E-state index in [1.54, 1.807) is 0 Å². The average Bonchev–Trinajstić information content (AvgIpc) is 1.86. The summed E-state index contributed by atoms with van der Waals surface area (Å²) in [7, 11) is 0. The molecule has 6 heavy (non-hydrogen) atoms. The summed E-state index contributed by atoms with van der Waals surface area (Å²) in [5.41, 5.74) is 0. The third-order valence-corrected chi connectivity index (χ3v) is 0.410. The van der Waals surface area contributed by atoms with Crippen LogP contribution in [0.4, 0.5) is 0 Å². The molecule has 0 aliphatic rings. The fourth-order valence-electron chi connectivity index (χ4n) is 0.204. The Morgan fingerprint density at radius 1 is 1.83 bits per heavy atom. The lowest BCUT2D eigenvalue weighted by Crippen LogP contribution is -1.41. The largest absolute Gasteiger partial charge is 0.410 e. The SMILES string of the molecule is [O]c1cnco1. The van der Waals surface area contributed by atoms with E-state index in [0.29, 0.717) is 0 Å². The van der Waals surface area contributed by atoms with Gasteiger partial charge < -0.3 is 4.42 Å². The number of oxazole rings is 1. The first-order valence-electron chi connectivity index (χ1n) is 1.45. The van der Waals surface area contributed by atoms with Crippen molar-refractivity contribution in [3.05, 3.63) is 12.6 Å². The molecule has 3 heteroatoms. The number of hydrogen-bond donors (Lipinski definition) is 0. The molecular formula is C3H2NO2. The van der Waals surface area contributed by atoms with E-state index in [2.05, 4.69) is 9.40 Å². The van der Waals surface area contributed by atoms with Crippen LogP contribution in [-0.2, 0) is 5.11 Å². The van der Waals surface area contributed by atoms with Crippen LogP contribution in [0.5, 0.6) is 5.95 Å². The zero-order valence-electron chi connectivity index (χ0n) is 2.92. The lowest BCUT2D eigenvalue weighted by atomic mass is 10.9. The Kier molecular flexibility index (Phi) is 0.538. The molecule has 1 rings (SSSR count). The van der Waals surface area contributed by atoms with Crippen molar-refractivity contribution in [2.75, 3.05) is 0 Å². The minimum atomic E-state index is -0.394. The van der Waals surface area contributed by atoms with Gasteiger partial charge in [-0.2, -0.15) is 0 Å². The highest BCUT2D eigenvalue weighted by Gasteiger charge is 1.85. The Bertz CT molecular complexity index is 112. The van der Waals surface area contributed by atoms with Crippen LogP contribution in [0, 0.1) is 0 Å². The van der Waals surface area contributed by atoms with E-state index in [0.717, 1.165) is 12.6 Å². The van der Waals surface area contributed by atoms with Gasteiger partial charge in [-0.1, -0.05) is 0 Å². The van der Waals surface area contributed by atoms with Crippen LogP contribution in [0.15, 0.2) is 17.0 Å². The Morgan fingerprint density at radius 3 is 2.83 bits per heavy atom. The van der Waals surface area contributed by atoms with Crippen molar-refractivity contribution >= 4 is 0 Å². The molecule has 0 saturated carbocycles. The molecule has 0 aliphatic heterocycles. The summed E-state index contributed by atoms with van der Waals surface area (Å²) in [6.45, 7) is 0. The summed E-state index contributed by atoms with van der Waals surface area (Å²) in [4.78, 5) is 3.34. The summed E-state index contributed by atoms with van der Waals surface area (Å²) in [5.74, 6) is -0.394. The first-order valence-corrected chi connectivity index (χ1v) is 1.45. The first kappa shape index (κ1) is 3.21. The third-order valence-electron chi connectivity index (χ3n) is 0.410. The summed E-state index contributed by atoms with van der Waals surface area (Å²) in [6, 6.07) is 0. The van der Waals surface area contributed by atoms with Crippen LogP contribution in [0.3, 0.4) is 0 Å². The molecule has 0 saturated heterocycles. The van der Waals surface area contributed by atoms with Crippen LogP contribution in [-0.4, -0.2) is 4.98 Å². The molecule has 31 valence electrons. The Hall–Kier alpha value is -0.990. The molecule has 0 unspecified atom stereocenters. The maximum atomic E-state index is 9.84. The van der Waals surface area contributed by atoms with Crippen molar-refractivity contribution in [3.63, 3.8) is 0 Å². The fraction of sp³-hybridized carbons (Fsp3) is 0. The van der Waals surface area contributed by atoms with Gasteiger partial charge in [0.15, 0.2) is 6.39 Å². The van der Waals surface area contributed by atoms with E-state index in [-0.39, 0.29) is 0 Å². The minimum absolute atomic E-state index is 0.394. The second-order valence-electron chi connectivity index (χ2n) is 0.820. The molecule has 1 heterocycles. The monoisotopic (exact) mass is 84.0 g/mol. The first-order chi connectivity index (χ1) is 2.89. The van der Waals surface area contributed by atoms with Gasteiger partial charge in [-0.05, 0) is 0 Å². The maximum Gasteiger partial charge on any atom is 0.355 e. The molecule has 0 bridgehead atoms. The van der Waals surface area contributed by atoms with Gasteiger partial charge in [-0.15, -0.1) is 0 Å². The van der Waals surface area contributed by atoms with Crippen LogP contribution in [0.2, 0.25) is 0 Å². The standard InChI is InChI=1S/C3H2NO2/c5-3-1-4-2-6-3/h1-2H. The quantitative estimate of drug-likeness (QED) is 0.467.